The zero-order valence-electron chi connectivity index (χ0n) is 17.3. The maximum Gasteiger partial charge on any atom is 0.261 e. The van der Waals surface area contributed by atoms with Gasteiger partial charge >= 0.3 is 0 Å². The molecule has 2 aliphatic rings. The predicted molar refractivity (Wildman–Crippen MR) is 113 cm³/mol. The van der Waals surface area contributed by atoms with Gasteiger partial charge in [-0.05, 0) is 48.7 Å². The van der Waals surface area contributed by atoms with Gasteiger partial charge in [0, 0.05) is 25.2 Å². The normalized spacial score (nSPS) is 16.8. The molecule has 2 aromatic carbocycles. The number of rotatable bonds is 5. The molecule has 3 aromatic rings. The minimum Gasteiger partial charge on any atom is -0.454 e. The summed E-state index contributed by atoms with van der Waals surface area (Å²) in [6.45, 7) is 1.56. The highest BCUT2D eigenvalue weighted by Gasteiger charge is 2.36. The summed E-state index contributed by atoms with van der Waals surface area (Å²) in [7, 11) is 0. The van der Waals surface area contributed by atoms with Crippen LogP contribution in [0.15, 0.2) is 47.5 Å². The van der Waals surface area contributed by atoms with E-state index in [4.69, 9.17) is 14.2 Å². The summed E-state index contributed by atoms with van der Waals surface area (Å²) in [4.78, 5) is 29.5. The zero-order chi connectivity index (χ0) is 22.1. The molecule has 0 saturated carbocycles. The quantitative estimate of drug-likeness (QED) is 0.655. The number of nitrogens with one attached hydrogen (secondary N) is 1. The van der Waals surface area contributed by atoms with Crippen LogP contribution in [-0.2, 0) is 21.5 Å². The average Bonchev–Trinajstić information content (AvgIpc) is 3.29. The minimum atomic E-state index is -0.524. The largest absolute Gasteiger partial charge is 0.454 e. The number of ether oxygens (including phenoxy) is 3. The topological polar surface area (TPSA) is 91.7 Å². The van der Waals surface area contributed by atoms with Crippen molar-refractivity contribution in [3.05, 3.63) is 64.5 Å². The Hall–Kier alpha value is -3.46. The Morgan fingerprint density at radius 1 is 1.12 bits per heavy atom. The minimum absolute atomic E-state index is 0.140. The van der Waals surface area contributed by atoms with Crippen molar-refractivity contribution in [1.82, 2.24) is 14.9 Å². The molecule has 0 spiro atoms. The van der Waals surface area contributed by atoms with Gasteiger partial charge in [0.1, 0.15) is 12.4 Å². The number of halogens is 1. The maximum absolute atomic E-state index is 13.5. The van der Waals surface area contributed by atoms with Crippen LogP contribution in [0.5, 0.6) is 11.5 Å². The van der Waals surface area contributed by atoms with Crippen LogP contribution in [0.1, 0.15) is 18.4 Å². The highest BCUT2D eigenvalue weighted by atomic mass is 19.1. The standard InChI is InChI=1S/C23H22FN3O5/c24-16-2-3-18-17(10-16)22(29)27(13-26-18)11-21(28)25-12-23(5-7-30-8-6-23)15-1-4-19-20(9-15)32-14-31-19/h1-4,9-10,13H,5-8,11-12,14H2,(H,25,28). The highest BCUT2D eigenvalue weighted by molar-refractivity contribution is 5.79. The van der Waals surface area contributed by atoms with Gasteiger partial charge < -0.3 is 19.5 Å². The first kappa shape index (κ1) is 20.4. The molecule has 2 aliphatic heterocycles. The molecule has 1 fully saturated rings. The molecule has 9 heteroatoms. The number of carbonyl (C=O) groups excluding carboxylic acids is 1. The van der Waals surface area contributed by atoms with Gasteiger partial charge in [0.05, 0.1) is 17.2 Å². The van der Waals surface area contributed by atoms with Crippen molar-refractivity contribution < 1.29 is 23.4 Å². The van der Waals surface area contributed by atoms with E-state index in [2.05, 4.69) is 10.3 Å². The third-order valence-electron chi connectivity index (χ3n) is 6.16. The van der Waals surface area contributed by atoms with Gasteiger partial charge in [-0.2, -0.15) is 0 Å². The number of aromatic nitrogens is 2. The summed E-state index contributed by atoms with van der Waals surface area (Å²) in [5.41, 5.74) is 0.661. The van der Waals surface area contributed by atoms with Crippen molar-refractivity contribution >= 4 is 16.8 Å². The molecule has 32 heavy (non-hydrogen) atoms. The fourth-order valence-electron chi connectivity index (χ4n) is 4.28. The molecular formula is C23H22FN3O5. The van der Waals surface area contributed by atoms with Crippen LogP contribution in [0.3, 0.4) is 0 Å². The van der Waals surface area contributed by atoms with Gasteiger partial charge in [-0.25, -0.2) is 9.37 Å². The van der Waals surface area contributed by atoms with E-state index in [9.17, 15) is 14.0 Å². The Balaban J connectivity index is 1.34. The summed E-state index contributed by atoms with van der Waals surface area (Å²) >= 11 is 0. The van der Waals surface area contributed by atoms with E-state index in [1.165, 1.54) is 23.0 Å². The molecule has 1 amide bonds. The molecule has 0 aliphatic carbocycles. The van der Waals surface area contributed by atoms with Gasteiger partial charge in [0.25, 0.3) is 5.56 Å². The maximum atomic E-state index is 13.5. The molecule has 1 aromatic heterocycles. The molecule has 0 unspecified atom stereocenters. The van der Waals surface area contributed by atoms with E-state index in [-0.39, 0.29) is 30.0 Å². The van der Waals surface area contributed by atoms with E-state index in [0.717, 1.165) is 24.5 Å². The summed E-state index contributed by atoms with van der Waals surface area (Å²) in [6, 6.07) is 9.67. The molecule has 8 nitrogen and oxygen atoms in total. The lowest BCUT2D eigenvalue weighted by Crippen LogP contribution is -2.45. The van der Waals surface area contributed by atoms with Crippen LogP contribution in [0.2, 0.25) is 0 Å². The van der Waals surface area contributed by atoms with Gasteiger partial charge in [-0.1, -0.05) is 6.07 Å². The zero-order valence-corrected chi connectivity index (χ0v) is 17.3. The molecular weight excluding hydrogens is 417 g/mol. The van der Waals surface area contributed by atoms with Crippen LogP contribution >= 0.6 is 0 Å². The molecule has 1 saturated heterocycles. The first-order chi connectivity index (χ1) is 15.5. The number of fused-ring (bicyclic) bond motifs is 2. The second kappa shape index (κ2) is 8.23. The van der Waals surface area contributed by atoms with Crippen LogP contribution in [-0.4, -0.2) is 42.0 Å². The van der Waals surface area contributed by atoms with E-state index in [1.54, 1.807) is 0 Å². The highest BCUT2D eigenvalue weighted by Crippen LogP contribution is 2.40. The Morgan fingerprint density at radius 3 is 2.78 bits per heavy atom. The number of amides is 1. The van der Waals surface area contributed by atoms with E-state index < -0.39 is 11.4 Å². The SMILES string of the molecule is O=C(Cn1cnc2ccc(F)cc2c1=O)NCC1(c2ccc3c(c2)OCO3)CCOCC1. The van der Waals surface area contributed by atoms with Crippen molar-refractivity contribution in [1.29, 1.82) is 0 Å². The Bertz CT molecular complexity index is 1240. The second-order valence-corrected chi connectivity index (χ2v) is 8.08. The second-order valence-electron chi connectivity index (χ2n) is 8.08. The van der Waals surface area contributed by atoms with Crippen molar-refractivity contribution in [2.45, 2.75) is 24.8 Å². The summed E-state index contributed by atoms with van der Waals surface area (Å²) < 4.78 is 31.2. The van der Waals surface area contributed by atoms with Crippen molar-refractivity contribution in [2.24, 2.45) is 0 Å². The number of carbonyl (C=O) groups is 1. The van der Waals surface area contributed by atoms with E-state index >= 15 is 0 Å². The number of benzene rings is 2. The lowest BCUT2D eigenvalue weighted by atomic mass is 9.74. The Labute approximate surface area is 182 Å². The average molecular weight is 439 g/mol. The number of hydrogen-bond acceptors (Lipinski definition) is 6. The van der Waals surface area contributed by atoms with Crippen molar-refractivity contribution in [2.75, 3.05) is 26.6 Å². The van der Waals surface area contributed by atoms with Gasteiger partial charge in [0.15, 0.2) is 11.5 Å². The molecule has 0 radical (unpaired) electrons. The van der Waals surface area contributed by atoms with Crippen molar-refractivity contribution in [3.63, 3.8) is 0 Å². The number of hydrogen-bond donors (Lipinski definition) is 1. The Morgan fingerprint density at radius 2 is 1.94 bits per heavy atom. The first-order valence-electron chi connectivity index (χ1n) is 10.4. The summed E-state index contributed by atoms with van der Waals surface area (Å²) in [5, 5.41) is 3.11. The van der Waals surface area contributed by atoms with Crippen molar-refractivity contribution in [3.8, 4) is 11.5 Å². The van der Waals surface area contributed by atoms with E-state index in [0.29, 0.717) is 36.8 Å². The fourth-order valence-corrected chi connectivity index (χ4v) is 4.28. The summed E-state index contributed by atoms with van der Waals surface area (Å²) in [5.74, 6) is 0.556. The summed E-state index contributed by atoms with van der Waals surface area (Å²) in [6.07, 6.45) is 2.79. The first-order valence-corrected chi connectivity index (χ1v) is 10.4. The van der Waals surface area contributed by atoms with Gasteiger partial charge in [-0.3, -0.25) is 14.2 Å². The smallest absolute Gasteiger partial charge is 0.261 e. The number of nitrogens with zero attached hydrogens (tertiary/aromatic N) is 2. The molecule has 5 rings (SSSR count). The van der Waals surface area contributed by atoms with Crippen LogP contribution in [0.25, 0.3) is 10.9 Å². The fraction of sp³-hybridized carbons (Fsp3) is 0.348. The third kappa shape index (κ3) is 3.80. The lowest BCUT2D eigenvalue weighted by molar-refractivity contribution is -0.122. The monoisotopic (exact) mass is 439 g/mol. The van der Waals surface area contributed by atoms with Crippen LogP contribution in [0, 0.1) is 5.82 Å². The molecule has 0 bridgehead atoms. The predicted octanol–water partition coefficient (Wildman–Crippen LogP) is 2.13. The molecule has 0 atom stereocenters. The lowest BCUT2D eigenvalue weighted by Gasteiger charge is -2.38. The Kier molecular flexibility index (Phi) is 5.26. The van der Waals surface area contributed by atoms with Gasteiger partial charge in [0.2, 0.25) is 12.7 Å². The van der Waals surface area contributed by atoms with Crippen LogP contribution in [0.4, 0.5) is 4.39 Å². The van der Waals surface area contributed by atoms with Crippen LogP contribution < -0.4 is 20.3 Å². The van der Waals surface area contributed by atoms with Gasteiger partial charge in [-0.15, -0.1) is 0 Å². The molecule has 3 heterocycles. The van der Waals surface area contributed by atoms with E-state index in [1.807, 2.05) is 18.2 Å². The molecule has 166 valence electrons. The molecule has 1 N–H and O–H groups in total. The third-order valence-corrected chi connectivity index (χ3v) is 6.16.